The predicted molar refractivity (Wildman–Crippen MR) is 236 cm³/mol. The standard InChI is InChI=1S/C55H38/c1-55(2)50-32-30-40(34-49(50)53-43-21-11-9-19-41(43)42-20-10-14-24-47(42)54(53)55)36-27-25-35(26-28-36)39-29-31-46-48(33-39)52(38-17-7-4-8-18-38)45-23-13-12-22-44(45)51(46)37-15-5-3-6-16-37/h3-34H,1-2H3. The zero-order chi connectivity index (χ0) is 36.7. The van der Waals surface area contributed by atoms with Gasteiger partial charge in [-0.25, -0.2) is 0 Å². The molecule has 0 spiro atoms. The maximum atomic E-state index is 2.44. The first-order valence-corrected chi connectivity index (χ1v) is 19.4. The molecule has 0 heterocycles. The minimum atomic E-state index is -0.100. The molecule has 10 aromatic rings. The average molecular weight is 699 g/mol. The van der Waals surface area contributed by atoms with Crippen molar-refractivity contribution in [1.82, 2.24) is 0 Å². The lowest BCUT2D eigenvalue weighted by atomic mass is 9.79. The van der Waals surface area contributed by atoms with Gasteiger partial charge in [-0.3, -0.25) is 0 Å². The van der Waals surface area contributed by atoms with Crippen LogP contribution in [-0.4, -0.2) is 0 Å². The second-order valence-electron chi connectivity index (χ2n) is 15.6. The van der Waals surface area contributed by atoms with Gasteiger partial charge in [-0.2, -0.15) is 0 Å². The third-order valence-corrected chi connectivity index (χ3v) is 12.2. The number of hydrogen-bond acceptors (Lipinski definition) is 0. The Hall–Kier alpha value is -6.76. The number of rotatable bonds is 4. The summed E-state index contributed by atoms with van der Waals surface area (Å²) in [6.07, 6.45) is 0. The Bertz CT molecular complexity index is 3130. The van der Waals surface area contributed by atoms with Crippen LogP contribution in [0.4, 0.5) is 0 Å². The smallest absolute Gasteiger partial charge is 0.0165 e. The highest BCUT2D eigenvalue weighted by atomic mass is 14.4. The first-order valence-electron chi connectivity index (χ1n) is 19.4. The van der Waals surface area contributed by atoms with Gasteiger partial charge in [-0.15, -0.1) is 0 Å². The van der Waals surface area contributed by atoms with Crippen LogP contribution in [0.25, 0.3) is 98.7 Å². The zero-order valence-electron chi connectivity index (χ0n) is 31.0. The molecule has 0 unspecified atom stereocenters. The van der Waals surface area contributed by atoms with Gasteiger partial charge in [0.05, 0.1) is 0 Å². The van der Waals surface area contributed by atoms with E-state index in [-0.39, 0.29) is 5.41 Å². The van der Waals surface area contributed by atoms with E-state index in [4.69, 9.17) is 0 Å². The van der Waals surface area contributed by atoms with E-state index in [1.165, 1.54) is 110 Å². The van der Waals surface area contributed by atoms with Gasteiger partial charge in [0, 0.05) is 5.41 Å². The molecule has 0 aromatic heterocycles. The molecular weight excluding hydrogens is 661 g/mol. The zero-order valence-corrected chi connectivity index (χ0v) is 31.0. The highest BCUT2D eigenvalue weighted by molar-refractivity contribution is 6.22. The van der Waals surface area contributed by atoms with Crippen molar-refractivity contribution >= 4 is 43.1 Å². The quantitative estimate of drug-likeness (QED) is 0.127. The molecule has 0 atom stereocenters. The molecular formula is C55H38. The lowest BCUT2D eigenvalue weighted by Gasteiger charge is -2.24. The van der Waals surface area contributed by atoms with Crippen LogP contribution in [0.3, 0.4) is 0 Å². The van der Waals surface area contributed by atoms with Gasteiger partial charge in [-0.1, -0.05) is 196 Å². The Morgan fingerprint density at radius 1 is 0.273 bits per heavy atom. The van der Waals surface area contributed by atoms with E-state index < -0.39 is 0 Å². The van der Waals surface area contributed by atoms with Crippen molar-refractivity contribution in [1.29, 1.82) is 0 Å². The fraction of sp³-hybridized carbons (Fsp3) is 0.0545. The summed E-state index contributed by atoms with van der Waals surface area (Å²) in [6.45, 7) is 4.79. The normalized spacial score (nSPS) is 13.1. The predicted octanol–water partition coefficient (Wildman–Crippen LogP) is 15.3. The molecule has 0 amide bonds. The van der Waals surface area contributed by atoms with Gasteiger partial charge in [0.15, 0.2) is 0 Å². The fourth-order valence-corrected chi connectivity index (χ4v) is 9.73. The van der Waals surface area contributed by atoms with Gasteiger partial charge in [0.2, 0.25) is 0 Å². The third-order valence-electron chi connectivity index (χ3n) is 12.2. The van der Waals surface area contributed by atoms with Crippen molar-refractivity contribution in [2.75, 3.05) is 0 Å². The maximum Gasteiger partial charge on any atom is 0.0165 e. The van der Waals surface area contributed by atoms with E-state index in [9.17, 15) is 0 Å². The molecule has 0 saturated heterocycles. The monoisotopic (exact) mass is 698 g/mol. The molecule has 55 heavy (non-hydrogen) atoms. The average Bonchev–Trinajstić information content (AvgIpc) is 3.49. The second kappa shape index (κ2) is 12.1. The van der Waals surface area contributed by atoms with Crippen molar-refractivity contribution in [3.8, 4) is 55.6 Å². The topological polar surface area (TPSA) is 0 Å². The molecule has 0 radical (unpaired) electrons. The van der Waals surface area contributed by atoms with Gasteiger partial charge in [0.1, 0.15) is 0 Å². The summed E-state index contributed by atoms with van der Waals surface area (Å²) in [5.74, 6) is 0. The van der Waals surface area contributed by atoms with Crippen molar-refractivity contribution in [3.05, 3.63) is 205 Å². The molecule has 0 N–H and O–H groups in total. The van der Waals surface area contributed by atoms with Crippen LogP contribution in [0.1, 0.15) is 25.0 Å². The van der Waals surface area contributed by atoms with Gasteiger partial charge in [0.25, 0.3) is 0 Å². The van der Waals surface area contributed by atoms with Crippen LogP contribution in [-0.2, 0) is 5.41 Å². The maximum absolute atomic E-state index is 2.44. The van der Waals surface area contributed by atoms with E-state index >= 15 is 0 Å². The summed E-state index contributed by atoms with van der Waals surface area (Å²) in [5.41, 5.74) is 15.4. The van der Waals surface area contributed by atoms with Crippen LogP contribution in [0.2, 0.25) is 0 Å². The molecule has 10 aromatic carbocycles. The Kier molecular flexibility index (Phi) is 7.00. The molecule has 0 aliphatic heterocycles. The highest BCUT2D eigenvalue weighted by Crippen LogP contribution is 2.55. The van der Waals surface area contributed by atoms with Gasteiger partial charge >= 0.3 is 0 Å². The number of fused-ring (bicyclic) bond motifs is 10. The second-order valence-corrected chi connectivity index (χ2v) is 15.6. The van der Waals surface area contributed by atoms with Crippen LogP contribution >= 0.6 is 0 Å². The first-order chi connectivity index (χ1) is 27.1. The van der Waals surface area contributed by atoms with Crippen LogP contribution < -0.4 is 0 Å². The molecule has 0 fully saturated rings. The van der Waals surface area contributed by atoms with E-state index in [0.29, 0.717) is 0 Å². The lowest BCUT2D eigenvalue weighted by molar-refractivity contribution is 0.666. The van der Waals surface area contributed by atoms with E-state index in [0.717, 1.165) is 0 Å². The van der Waals surface area contributed by atoms with Crippen LogP contribution in [0, 0.1) is 0 Å². The van der Waals surface area contributed by atoms with Crippen LogP contribution in [0.5, 0.6) is 0 Å². The Morgan fingerprint density at radius 2 is 0.673 bits per heavy atom. The summed E-state index contributed by atoms with van der Waals surface area (Å²) < 4.78 is 0. The largest absolute Gasteiger partial charge is 0.0622 e. The third kappa shape index (κ3) is 4.78. The van der Waals surface area contributed by atoms with E-state index in [1.807, 2.05) is 0 Å². The summed E-state index contributed by atoms with van der Waals surface area (Å²) in [5, 5.41) is 10.4. The molecule has 1 aliphatic rings. The fourth-order valence-electron chi connectivity index (χ4n) is 9.73. The summed E-state index contributed by atoms with van der Waals surface area (Å²) in [7, 11) is 0. The number of benzene rings is 10. The molecule has 0 saturated carbocycles. The van der Waals surface area contributed by atoms with Crippen LogP contribution in [0.15, 0.2) is 194 Å². The molecule has 1 aliphatic carbocycles. The summed E-state index contributed by atoms with van der Waals surface area (Å²) >= 11 is 0. The molecule has 0 heteroatoms. The SMILES string of the molecule is CC1(C)c2ccc(-c3ccc(-c4ccc5c(-c6ccccc6)c6ccccc6c(-c6ccccc6)c5c4)cc3)cc2-c2c1c1ccccc1c1ccccc21. The molecule has 258 valence electrons. The van der Waals surface area contributed by atoms with Crippen molar-refractivity contribution in [3.63, 3.8) is 0 Å². The first kappa shape index (κ1) is 31.7. The van der Waals surface area contributed by atoms with Gasteiger partial charge in [-0.05, 0) is 122 Å². The van der Waals surface area contributed by atoms with Crippen molar-refractivity contribution < 1.29 is 0 Å². The molecule has 11 rings (SSSR count). The lowest BCUT2D eigenvalue weighted by Crippen LogP contribution is -2.15. The highest BCUT2D eigenvalue weighted by Gasteiger charge is 2.38. The molecule has 0 bridgehead atoms. The molecule has 0 nitrogen and oxygen atoms in total. The Morgan fingerprint density at radius 3 is 1.25 bits per heavy atom. The van der Waals surface area contributed by atoms with E-state index in [2.05, 4.69) is 208 Å². The summed E-state index contributed by atoms with van der Waals surface area (Å²) in [4.78, 5) is 0. The Labute approximate surface area is 322 Å². The van der Waals surface area contributed by atoms with Gasteiger partial charge < -0.3 is 0 Å². The minimum Gasteiger partial charge on any atom is -0.0622 e. The number of hydrogen-bond donors (Lipinski definition) is 0. The minimum absolute atomic E-state index is 0.100. The van der Waals surface area contributed by atoms with E-state index in [1.54, 1.807) is 0 Å². The van der Waals surface area contributed by atoms with Crippen molar-refractivity contribution in [2.45, 2.75) is 19.3 Å². The van der Waals surface area contributed by atoms with Crippen molar-refractivity contribution in [2.24, 2.45) is 0 Å². The Balaban J connectivity index is 1.06. The summed E-state index contributed by atoms with van der Waals surface area (Å²) in [6, 6.07) is 71.9.